The number of aromatic hydroxyl groups is 1. The minimum Gasteiger partial charge on any atom is -0.504 e. The lowest BCUT2D eigenvalue weighted by atomic mass is 10.0. The second-order valence-electron chi connectivity index (χ2n) is 3.16. The average Bonchev–Trinajstić information content (AvgIpc) is 2.17. The van der Waals surface area contributed by atoms with Crippen LogP contribution in [0.4, 0.5) is 0 Å². The maximum absolute atomic E-state index is 9.69. The number of phenolic OH excluding ortho intramolecular Hbond substituents is 1. The Morgan fingerprint density at radius 1 is 1.40 bits per heavy atom. The fourth-order valence-corrected chi connectivity index (χ4v) is 1.23. The van der Waals surface area contributed by atoms with Crippen LogP contribution in [0.1, 0.15) is 18.5 Å². The van der Waals surface area contributed by atoms with Crippen LogP contribution in [0, 0.1) is 0 Å². The number of aliphatic hydroxyl groups excluding tert-OH is 1. The normalized spacial score (nSPS) is 13.9. The van der Waals surface area contributed by atoms with Gasteiger partial charge in [-0.15, -0.1) is 12.4 Å². The van der Waals surface area contributed by atoms with Crippen molar-refractivity contribution in [3.05, 3.63) is 23.8 Å². The first-order chi connectivity index (χ1) is 6.57. The summed E-state index contributed by atoms with van der Waals surface area (Å²) in [5, 5.41) is 19.0. The number of phenols is 1. The van der Waals surface area contributed by atoms with E-state index in [1.165, 1.54) is 7.11 Å². The topological polar surface area (TPSA) is 75.7 Å². The Kier molecular flexibility index (Phi) is 5.43. The summed E-state index contributed by atoms with van der Waals surface area (Å²) >= 11 is 0. The predicted octanol–water partition coefficient (Wildman–Crippen LogP) is 1.20. The van der Waals surface area contributed by atoms with Crippen LogP contribution in [0.15, 0.2) is 18.2 Å². The molecule has 0 aliphatic rings. The molecule has 4 N–H and O–H groups in total. The van der Waals surface area contributed by atoms with Crippen LogP contribution < -0.4 is 10.5 Å². The molecule has 0 amide bonds. The van der Waals surface area contributed by atoms with Gasteiger partial charge < -0.3 is 20.7 Å². The third-order valence-electron chi connectivity index (χ3n) is 2.13. The smallest absolute Gasteiger partial charge is 0.162 e. The summed E-state index contributed by atoms with van der Waals surface area (Å²) in [7, 11) is 1.47. The molecule has 0 saturated heterocycles. The van der Waals surface area contributed by atoms with Crippen molar-refractivity contribution in [2.45, 2.75) is 19.1 Å². The first-order valence-electron chi connectivity index (χ1n) is 4.37. The van der Waals surface area contributed by atoms with Crippen molar-refractivity contribution in [2.75, 3.05) is 7.11 Å². The van der Waals surface area contributed by atoms with E-state index in [4.69, 9.17) is 10.5 Å². The van der Waals surface area contributed by atoms with Crippen LogP contribution in [0.2, 0.25) is 0 Å². The van der Waals surface area contributed by atoms with Crippen molar-refractivity contribution in [3.63, 3.8) is 0 Å². The standard InChI is InChI=1S/C10H15NO3.ClH/c1-6(12)9(11)7-4-3-5-8(14-2)10(7)13;/h3-6,9,12-13H,11H2,1-2H3;1H/t6-,9-;/m1./s1. The summed E-state index contributed by atoms with van der Waals surface area (Å²) in [5.74, 6) is 0.349. The largest absolute Gasteiger partial charge is 0.504 e. The molecular formula is C10H16ClNO3. The molecule has 0 aliphatic heterocycles. The van der Waals surface area contributed by atoms with E-state index in [0.29, 0.717) is 11.3 Å². The number of hydrogen-bond acceptors (Lipinski definition) is 4. The minimum atomic E-state index is -0.715. The van der Waals surface area contributed by atoms with E-state index in [-0.39, 0.29) is 18.2 Å². The predicted molar refractivity (Wildman–Crippen MR) is 60.5 cm³/mol. The third kappa shape index (κ3) is 2.99. The SMILES string of the molecule is COc1cccc([C@H](N)[C@@H](C)O)c1O.Cl. The van der Waals surface area contributed by atoms with Gasteiger partial charge in [0.05, 0.1) is 19.3 Å². The van der Waals surface area contributed by atoms with E-state index in [9.17, 15) is 10.2 Å². The van der Waals surface area contributed by atoms with Gasteiger partial charge in [0.25, 0.3) is 0 Å². The fraction of sp³-hybridized carbons (Fsp3) is 0.400. The van der Waals surface area contributed by atoms with Crippen molar-refractivity contribution in [1.82, 2.24) is 0 Å². The number of nitrogens with two attached hydrogens (primary N) is 1. The van der Waals surface area contributed by atoms with E-state index >= 15 is 0 Å². The van der Waals surface area contributed by atoms with Crippen LogP contribution >= 0.6 is 12.4 Å². The van der Waals surface area contributed by atoms with Crippen LogP contribution in [0.3, 0.4) is 0 Å². The molecular weight excluding hydrogens is 218 g/mol. The van der Waals surface area contributed by atoms with E-state index in [1.54, 1.807) is 25.1 Å². The van der Waals surface area contributed by atoms with Crippen LogP contribution in [-0.4, -0.2) is 23.4 Å². The molecule has 2 atom stereocenters. The van der Waals surface area contributed by atoms with Gasteiger partial charge in [0.2, 0.25) is 0 Å². The maximum Gasteiger partial charge on any atom is 0.162 e. The lowest BCUT2D eigenvalue weighted by molar-refractivity contribution is 0.162. The average molecular weight is 234 g/mol. The zero-order chi connectivity index (χ0) is 10.7. The molecule has 0 spiro atoms. The monoisotopic (exact) mass is 233 g/mol. The second-order valence-corrected chi connectivity index (χ2v) is 3.16. The molecule has 1 rings (SSSR count). The summed E-state index contributed by atoms with van der Waals surface area (Å²) in [6.07, 6.45) is -0.715. The molecule has 86 valence electrons. The highest BCUT2D eigenvalue weighted by atomic mass is 35.5. The molecule has 5 heteroatoms. The van der Waals surface area contributed by atoms with Gasteiger partial charge in [0, 0.05) is 5.56 Å². The Labute approximate surface area is 95.1 Å². The van der Waals surface area contributed by atoms with Crippen molar-refractivity contribution < 1.29 is 14.9 Å². The number of ether oxygens (including phenoxy) is 1. The molecule has 0 unspecified atom stereocenters. The van der Waals surface area contributed by atoms with Gasteiger partial charge in [-0.1, -0.05) is 12.1 Å². The van der Waals surface area contributed by atoms with E-state index < -0.39 is 12.1 Å². The third-order valence-corrected chi connectivity index (χ3v) is 2.13. The van der Waals surface area contributed by atoms with Crippen molar-refractivity contribution >= 4 is 12.4 Å². The molecule has 0 saturated carbocycles. The summed E-state index contributed by atoms with van der Waals surface area (Å²) in [5.41, 5.74) is 6.18. The van der Waals surface area contributed by atoms with Crippen LogP contribution in [0.25, 0.3) is 0 Å². The molecule has 0 heterocycles. The molecule has 0 bridgehead atoms. The first kappa shape index (κ1) is 14.0. The number of methoxy groups -OCH3 is 1. The highest BCUT2D eigenvalue weighted by Gasteiger charge is 2.17. The van der Waals surface area contributed by atoms with Gasteiger partial charge in [-0.05, 0) is 13.0 Å². The number of aliphatic hydroxyl groups is 1. The molecule has 0 fully saturated rings. The number of halogens is 1. The maximum atomic E-state index is 9.69. The van der Waals surface area contributed by atoms with E-state index in [0.717, 1.165) is 0 Å². The molecule has 15 heavy (non-hydrogen) atoms. The van der Waals surface area contributed by atoms with Crippen molar-refractivity contribution in [2.24, 2.45) is 5.73 Å². The molecule has 1 aromatic rings. The zero-order valence-electron chi connectivity index (χ0n) is 8.68. The second kappa shape index (κ2) is 5.80. The first-order valence-corrected chi connectivity index (χ1v) is 4.37. The van der Waals surface area contributed by atoms with Gasteiger partial charge in [0.15, 0.2) is 11.5 Å². The summed E-state index contributed by atoms with van der Waals surface area (Å²) in [4.78, 5) is 0. The number of hydrogen-bond donors (Lipinski definition) is 3. The van der Waals surface area contributed by atoms with E-state index in [2.05, 4.69) is 0 Å². The molecule has 0 aliphatic carbocycles. The van der Waals surface area contributed by atoms with Crippen molar-refractivity contribution in [3.8, 4) is 11.5 Å². The van der Waals surface area contributed by atoms with Crippen LogP contribution in [-0.2, 0) is 0 Å². The van der Waals surface area contributed by atoms with Gasteiger partial charge >= 0.3 is 0 Å². The summed E-state index contributed by atoms with van der Waals surface area (Å²) < 4.78 is 4.93. The van der Waals surface area contributed by atoms with Gasteiger partial charge in [-0.3, -0.25) is 0 Å². The molecule has 1 aromatic carbocycles. The van der Waals surface area contributed by atoms with Gasteiger partial charge in [0.1, 0.15) is 0 Å². The van der Waals surface area contributed by atoms with Gasteiger partial charge in [-0.25, -0.2) is 0 Å². The molecule has 0 aromatic heterocycles. The Balaban J connectivity index is 0.00000196. The lowest BCUT2D eigenvalue weighted by Gasteiger charge is -2.17. The molecule has 4 nitrogen and oxygen atoms in total. The van der Waals surface area contributed by atoms with Crippen LogP contribution in [0.5, 0.6) is 11.5 Å². The zero-order valence-corrected chi connectivity index (χ0v) is 9.49. The Morgan fingerprint density at radius 3 is 2.47 bits per heavy atom. The van der Waals surface area contributed by atoms with Crippen molar-refractivity contribution in [1.29, 1.82) is 0 Å². The van der Waals surface area contributed by atoms with E-state index in [1.807, 2.05) is 0 Å². The highest BCUT2D eigenvalue weighted by Crippen LogP contribution is 2.33. The highest BCUT2D eigenvalue weighted by molar-refractivity contribution is 5.85. The minimum absolute atomic E-state index is 0. The summed E-state index contributed by atoms with van der Waals surface area (Å²) in [6.45, 7) is 1.57. The summed E-state index contributed by atoms with van der Waals surface area (Å²) in [6, 6.07) is 4.41. The number of rotatable bonds is 3. The Bertz CT molecular complexity index is 318. The number of para-hydroxylation sites is 1. The number of benzene rings is 1. The van der Waals surface area contributed by atoms with Gasteiger partial charge in [-0.2, -0.15) is 0 Å². The Morgan fingerprint density at radius 2 is 2.00 bits per heavy atom. The quantitative estimate of drug-likeness (QED) is 0.734. The lowest BCUT2D eigenvalue weighted by Crippen LogP contribution is -2.23. The fourth-order valence-electron chi connectivity index (χ4n) is 1.23. The molecule has 0 radical (unpaired) electrons. The Hall–Kier alpha value is -0.970.